The number of hydrogen-bond acceptors (Lipinski definition) is 3. The van der Waals surface area contributed by atoms with Gasteiger partial charge in [0, 0.05) is 10.6 Å². The zero-order chi connectivity index (χ0) is 14.5. The lowest BCUT2D eigenvalue weighted by molar-refractivity contribution is 0.0686. The van der Waals surface area contributed by atoms with Crippen molar-refractivity contribution in [3.05, 3.63) is 65.2 Å². The van der Waals surface area contributed by atoms with Crippen LogP contribution in [0.4, 0.5) is 0 Å². The topological polar surface area (TPSA) is 74.6 Å². The second-order valence-corrected chi connectivity index (χ2v) is 5.17. The van der Waals surface area contributed by atoms with Crippen molar-refractivity contribution in [1.29, 1.82) is 0 Å². The lowest BCUT2D eigenvalue weighted by Crippen LogP contribution is -1.96. The molecule has 2 N–H and O–H groups in total. The molecule has 0 amide bonds. The number of aromatic carboxylic acids is 2. The van der Waals surface area contributed by atoms with Gasteiger partial charge < -0.3 is 10.2 Å². The average Bonchev–Trinajstić information content (AvgIpc) is 2.46. The van der Waals surface area contributed by atoms with E-state index in [1.807, 2.05) is 6.07 Å². The van der Waals surface area contributed by atoms with Crippen LogP contribution >= 0.6 is 11.8 Å². The lowest BCUT2D eigenvalue weighted by Gasteiger charge is -2.04. The summed E-state index contributed by atoms with van der Waals surface area (Å²) in [6.07, 6.45) is 0. The van der Waals surface area contributed by atoms with Crippen molar-refractivity contribution in [2.24, 2.45) is 0 Å². The number of thioether (sulfide) groups is 1. The van der Waals surface area contributed by atoms with E-state index in [1.165, 1.54) is 11.8 Å². The van der Waals surface area contributed by atoms with Gasteiger partial charge in [0.2, 0.25) is 0 Å². The minimum Gasteiger partial charge on any atom is -0.478 e. The van der Waals surface area contributed by atoms with E-state index in [-0.39, 0.29) is 11.1 Å². The van der Waals surface area contributed by atoms with Crippen LogP contribution in [-0.4, -0.2) is 22.2 Å². The standard InChI is InChI=1S/C15H12O4S/c16-14(17)11-6-4-10(5-7-11)9-20-13-3-1-2-12(8-13)15(18)19/h1-8H,9H2,(H,16,17)(H,18,19). The predicted molar refractivity (Wildman–Crippen MR) is 76.4 cm³/mol. The van der Waals surface area contributed by atoms with Gasteiger partial charge >= 0.3 is 11.9 Å². The molecule has 0 atom stereocenters. The van der Waals surface area contributed by atoms with E-state index in [1.54, 1.807) is 42.5 Å². The van der Waals surface area contributed by atoms with Crippen molar-refractivity contribution in [2.75, 3.05) is 0 Å². The zero-order valence-electron chi connectivity index (χ0n) is 10.4. The van der Waals surface area contributed by atoms with Crippen molar-refractivity contribution in [2.45, 2.75) is 10.6 Å². The molecule has 5 heteroatoms. The molecule has 0 aliphatic carbocycles. The van der Waals surface area contributed by atoms with E-state index in [9.17, 15) is 9.59 Å². The molecule has 0 unspecified atom stereocenters. The number of benzene rings is 2. The number of carboxylic acids is 2. The highest BCUT2D eigenvalue weighted by Gasteiger charge is 2.05. The van der Waals surface area contributed by atoms with Gasteiger partial charge in [-0.15, -0.1) is 11.8 Å². The molecule has 0 spiro atoms. The van der Waals surface area contributed by atoms with Gasteiger partial charge in [0.15, 0.2) is 0 Å². The molecule has 0 fully saturated rings. The molecular formula is C15H12O4S. The summed E-state index contributed by atoms with van der Waals surface area (Å²) in [7, 11) is 0. The van der Waals surface area contributed by atoms with Crippen molar-refractivity contribution in [3.63, 3.8) is 0 Å². The summed E-state index contributed by atoms with van der Waals surface area (Å²) in [5, 5.41) is 17.7. The molecule has 20 heavy (non-hydrogen) atoms. The summed E-state index contributed by atoms with van der Waals surface area (Å²) >= 11 is 1.51. The SMILES string of the molecule is O=C(O)c1ccc(CSc2cccc(C(=O)O)c2)cc1. The fraction of sp³-hybridized carbons (Fsp3) is 0.0667. The van der Waals surface area contributed by atoms with Crippen LogP contribution in [0.3, 0.4) is 0 Å². The van der Waals surface area contributed by atoms with Gasteiger partial charge in [0.1, 0.15) is 0 Å². The highest BCUT2D eigenvalue weighted by molar-refractivity contribution is 7.98. The monoisotopic (exact) mass is 288 g/mol. The smallest absolute Gasteiger partial charge is 0.335 e. The Morgan fingerprint density at radius 1 is 0.900 bits per heavy atom. The van der Waals surface area contributed by atoms with E-state index in [0.29, 0.717) is 5.75 Å². The van der Waals surface area contributed by atoms with Crippen LogP contribution in [0.25, 0.3) is 0 Å². The van der Waals surface area contributed by atoms with Crippen molar-refractivity contribution in [3.8, 4) is 0 Å². The molecule has 4 nitrogen and oxygen atoms in total. The third-order valence-corrected chi connectivity index (χ3v) is 3.75. The highest BCUT2D eigenvalue weighted by atomic mass is 32.2. The van der Waals surface area contributed by atoms with Crippen LogP contribution in [0.2, 0.25) is 0 Å². The number of rotatable bonds is 5. The molecule has 0 bridgehead atoms. The fourth-order valence-corrected chi connectivity index (χ4v) is 2.54. The number of carbonyl (C=O) groups is 2. The van der Waals surface area contributed by atoms with Gasteiger partial charge in [-0.1, -0.05) is 18.2 Å². The quantitative estimate of drug-likeness (QED) is 0.825. The Hall–Kier alpha value is -2.27. The first kappa shape index (κ1) is 14.1. The first-order valence-electron chi connectivity index (χ1n) is 5.84. The second kappa shape index (κ2) is 6.25. The molecule has 0 saturated heterocycles. The van der Waals surface area contributed by atoms with Gasteiger partial charge in [-0.25, -0.2) is 9.59 Å². The summed E-state index contributed by atoms with van der Waals surface area (Å²) in [4.78, 5) is 22.5. The zero-order valence-corrected chi connectivity index (χ0v) is 11.3. The van der Waals surface area contributed by atoms with Gasteiger partial charge in [0.25, 0.3) is 0 Å². The first-order valence-corrected chi connectivity index (χ1v) is 6.83. The summed E-state index contributed by atoms with van der Waals surface area (Å²) in [5.41, 5.74) is 1.50. The van der Waals surface area contributed by atoms with E-state index >= 15 is 0 Å². The Morgan fingerprint density at radius 3 is 2.15 bits per heavy atom. The fourth-order valence-electron chi connectivity index (χ4n) is 1.63. The lowest BCUT2D eigenvalue weighted by atomic mass is 10.1. The van der Waals surface area contributed by atoms with Gasteiger partial charge in [0.05, 0.1) is 11.1 Å². The largest absolute Gasteiger partial charge is 0.478 e. The van der Waals surface area contributed by atoms with Crippen LogP contribution in [0.5, 0.6) is 0 Å². The number of hydrogen-bond donors (Lipinski definition) is 2. The number of carboxylic acid groups (broad SMARTS) is 2. The van der Waals surface area contributed by atoms with Gasteiger partial charge in [-0.3, -0.25) is 0 Å². The van der Waals surface area contributed by atoms with Crippen LogP contribution in [0.1, 0.15) is 26.3 Å². The third-order valence-electron chi connectivity index (χ3n) is 2.69. The van der Waals surface area contributed by atoms with Crippen LogP contribution < -0.4 is 0 Å². The highest BCUT2D eigenvalue weighted by Crippen LogP contribution is 2.23. The normalized spacial score (nSPS) is 10.2. The van der Waals surface area contributed by atoms with Crippen LogP contribution in [-0.2, 0) is 5.75 Å². The van der Waals surface area contributed by atoms with E-state index in [0.717, 1.165) is 10.5 Å². The van der Waals surface area contributed by atoms with Crippen LogP contribution in [0, 0.1) is 0 Å². The second-order valence-electron chi connectivity index (χ2n) is 4.12. The Morgan fingerprint density at radius 2 is 1.55 bits per heavy atom. The maximum Gasteiger partial charge on any atom is 0.335 e. The molecule has 2 aromatic rings. The van der Waals surface area contributed by atoms with Crippen molar-refractivity contribution < 1.29 is 19.8 Å². The summed E-state index contributed by atoms with van der Waals surface area (Å²) in [6, 6.07) is 13.4. The molecule has 0 aliphatic heterocycles. The minimum atomic E-state index is -0.946. The van der Waals surface area contributed by atoms with Crippen molar-refractivity contribution in [1.82, 2.24) is 0 Å². The Bertz CT molecular complexity index is 635. The summed E-state index contributed by atoms with van der Waals surface area (Å²) in [5.74, 6) is -1.24. The Labute approximate surface area is 120 Å². The molecule has 0 aliphatic rings. The maximum absolute atomic E-state index is 10.9. The molecular weight excluding hydrogens is 276 g/mol. The third kappa shape index (κ3) is 3.61. The molecule has 2 rings (SSSR count). The van der Waals surface area contributed by atoms with Gasteiger partial charge in [-0.05, 0) is 35.9 Å². The minimum absolute atomic E-state index is 0.256. The first-order chi connectivity index (χ1) is 9.56. The molecule has 0 saturated carbocycles. The van der Waals surface area contributed by atoms with E-state index in [2.05, 4.69) is 0 Å². The van der Waals surface area contributed by atoms with Crippen molar-refractivity contribution >= 4 is 23.7 Å². The Kier molecular flexibility index (Phi) is 4.42. The molecule has 0 radical (unpaired) electrons. The predicted octanol–water partition coefficient (Wildman–Crippen LogP) is 3.38. The van der Waals surface area contributed by atoms with E-state index < -0.39 is 11.9 Å². The molecule has 0 heterocycles. The van der Waals surface area contributed by atoms with Crippen LogP contribution in [0.15, 0.2) is 53.4 Å². The average molecular weight is 288 g/mol. The molecule has 0 aromatic heterocycles. The summed E-state index contributed by atoms with van der Waals surface area (Å²) in [6.45, 7) is 0. The van der Waals surface area contributed by atoms with E-state index in [4.69, 9.17) is 10.2 Å². The molecule has 2 aromatic carbocycles. The maximum atomic E-state index is 10.9. The molecule has 102 valence electrons. The Balaban J connectivity index is 2.03. The summed E-state index contributed by atoms with van der Waals surface area (Å²) < 4.78 is 0. The van der Waals surface area contributed by atoms with Gasteiger partial charge in [-0.2, -0.15) is 0 Å².